The van der Waals surface area contributed by atoms with Crippen molar-refractivity contribution in [1.29, 1.82) is 0 Å². The predicted molar refractivity (Wildman–Crippen MR) is 442 cm³/mol. The summed E-state index contributed by atoms with van der Waals surface area (Å²) in [4.78, 5) is 70.7. The number of unbranched alkanes of at least 4 members (excludes halogenated alkanes) is 3. The maximum Gasteiger partial charge on any atom is 0.408 e. The molecule has 638 valence electrons. The molecule has 25 nitrogen and oxygen atoms in total. The molecule has 0 saturated carbocycles. The van der Waals surface area contributed by atoms with E-state index in [1.807, 2.05) is 75.1 Å². The monoisotopic (exact) mass is 1740 g/mol. The van der Waals surface area contributed by atoms with Crippen LogP contribution in [0.25, 0.3) is 10.8 Å². The Morgan fingerprint density at radius 1 is 0.678 bits per heavy atom. The van der Waals surface area contributed by atoms with E-state index in [0.717, 1.165) is 44.8 Å². The summed E-state index contributed by atoms with van der Waals surface area (Å²) in [6, 6.07) is 29.8. The largest absolute Gasteiger partial charge is 0.480 e. The second-order valence-electron chi connectivity index (χ2n) is 30.6. The average Bonchev–Trinajstić information content (AvgIpc) is 1.59. The van der Waals surface area contributed by atoms with E-state index in [-0.39, 0.29) is 89.2 Å². The molecule has 0 radical (unpaired) electrons. The van der Waals surface area contributed by atoms with Crippen LogP contribution in [-0.4, -0.2) is 161 Å². The van der Waals surface area contributed by atoms with Crippen molar-refractivity contribution in [2.24, 2.45) is 11.7 Å². The number of halogens is 5. The van der Waals surface area contributed by atoms with Crippen LogP contribution in [0.3, 0.4) is 0 Å². The molecular weight excluding hydrogens is 1640 g/mol. The van der Waals surface area contributed by atoms with Gasteiger partial charge in [0.2, 0.25) is 23.2 Å². The molecule has 1 aliphatic carbocycles. The maximum atomic E-state index is 15.7. The van der Waals surface area contributed by atoms with E-state index in [0.29, 0.717) is 90.8 Å². The Kier molecular flexibility index (Phi) is 32.1. The van der Waals surface area contributed by atoms with Gasteiger partial charge in [0, 0.05) is 103 Å². The Morgan fingerprint density at radius 2 is 1.32 bits per heavy atom. The first-order chi connectivity index (χ1) is 55.7. The first-order valence-corrected chi connectivity index (χ1v) is 45.6. The lowest BCUT2D eigenvalue weighted by atomic mass is 9.78. The fraction of sp³-hybridized carbons (Fsp3) is 0.429. The van der Waals surface area contributed by atoms with Crippen LogP contribution in [0, 0.1) is 29.2 Å². The standard InChI is InChI=1S/C84H99ClF4N6O19S4/c1-83(2)64-52-61(93(42-18-46-115(101,102)103)43-19-47-116(104,105)106)33-37-66(64)94(45-20-48-117(107,108)109)71(83)38-31-57-26-16-27-58(76(57)85)32-39-72-84(3,4)75-63-35-34-62(118(110,111)112)50-59(63)30-36-67(75)95(72)44-15-7-12-29-73(99)91-41-17-28-68(96)74-77(86)79(88)81(80(89)78(74)87)113-54-70(98)60(25-13-14-40-90)51-69(97)65(49-55-21-8-5-9-22-55)92-82(100)114-53-56-23-10-6-11-24-56/h5-6,8-11,21-24,30-39,50,52,60,65H,7,12-20,25-29,40-49,51,53-54,90H2,1-4H3,(H5-,91,92,99,100,101,102,103,104,105,106,107,108,109,110,111,112)/p+1/t60-,65+/m1/s1. The van der Waals surface area contributed by atoms with Gasteiger partial charge in [0.1, 0.15) is 19.8 Å². The van der Waals surface area contributed by atoms with Crippen LogP contribution < -0.4 is 30.9 Å². The molecule has 0 fully saturated rings. The molecule has 0 saturated heterocycles. The number of benzene rings is 6. The summed E-state index contributed by atoms with van der Waals surface area (Å²) in [5.41, 5.74) is 11.0. The topological polar surface area (TPSA) is 381 Å². The number of hydrogen-bond acceptors (Lipinski definition) is 18. The Labute approximate surface area is 690 Å². The van der Waals surface area contributed by atoms with Gasteiger partial charge < -0.3 is 35.6 Å². The van der Waals surface area contributed by atoms with Crippen LogP contribution in [0.1, 0.15) is 163 Å². The number of amides is 2. The second kappa shape index (κ2) is 40.8. The quantitative estimate of drug-likeness (QED) is 0.00466. The number of alkyl carbamates (subject to hydrolysis) is 1. The number of Topliss-reactive ketones (excluding diaryl/α,β-unsaturated/α-hetero) is 3. The van der Waals surface area contributed by atoms with Crippen LogP contribution >= 0.6 is 11.6 Å². The number of carbonyl (C=O) groups is 5. The third kappa shape index (κ3) is 25.1. The van der Waals surface area contributed by atoms with Gasteiger partial charge in [0.15, 0.2) is 40.4 Å². The van der Waals surface area contributed by atoms with Crippen LogP contribution in [-0.2, 0) is 83.5 Å². The molecule has 6 aromatic rings. The number of nitrogens with zero attached hydrogens (tertiary/aromatic N) is 3. The minimum Gasteiger partial charge on any atom is -0.480 e. The summed E-state index contributed by atoms with van der Waals surface area (Å²) in [6.07, 6.45) is 9.74. The molecule has 0 unspecified atom stereocenters. The molecule has 9 rings (SSSR count). The Hall–Kier alpha value is -9.03. The predicted octanol–water partition coefficient (Wildman–Crippen LogP) is 14.0. The zero-order valence-corrected chi connectivity index (χ0v) is 70.0. The molecular formula is C84H100ClF4N6O19S4+. The number of nitrogens with two attached hydrogens (primary N) is 1. The highest BCUT2D eigenvalue weighted by Crippen LogP contribution is 2.50. The summed E-state index contributed by atoms with van der Waals surface area (Å²) in [6.45, 7) is 7.60. The maximum absolute atomic E-state index is 15.7. The molecule has 34 heteroatoms. The normalized spacial score (nSPS) is 16.0. The molecule has 118 heavy (non-hydrogen) atoms. The zero-order chi connectivity index (χ0) is 86.1. The highest BCUT2D eigenvalue weighted by Gasteiger charge is 2.46. The second-order valence-corrected chi connectivity index (χ2v) is 37.2. The van der Waals surface area contributed by atoms with E-state index in [4.69, 9.17) is 26.8 Å². The minimum atomic E-state index is -4.56. The van der Waals surface area contributed by atoms with E-state index in [9.17, 15) is 75.9 Å². The van der Waals surface area contributed by atoms with Crippen molar-refractivity contribution in [3.05, 3.63) is 206 Å². The van der Waals surface area contributed by atoms with Crippen molar-refractivity contribution in [2.45, 2.75) is 165 Å². The van der Waals surface area contributed by atoms with Gasteiger partial charge in [-0.15, -0.1) is 0 Å². The summed E-state index contributed by atoms with van der Waals surface area (Å²) < 4.78 is 210. The molecule has 2 amide bonds. The number of ketones is 3. The summed E-state index contributed by atoms with van der Waals surface area (Å²) in [5, 5.41) is 7.02. The van der Waals surface area contributed by atoms with Crippen LogP contribution in [0.15, 0.2) is 160 Å². The molecule has 6 aromatic carbocycles. The smallest absolute Gasteiger partial charge is 0.408 e. The zero-order valence-electron chi connectivity index (χ0n) is 66.0. The number of allylic oxidation sites excluding steroid dienone is 8. The van der Waals surface area contributed by atoms with E-state index < -0.39 is 164 Å². The van der Waals surface area contributed by atoms with Gasteiger partial charge in [-0.3, -0.25) is 37.4 Å². The van der Waals surface area contributed by atoms with Gasteiger partial charge in [-0.25, -0.2) is 13.6 Å². The number of rotatable bonds is 44. The van der Waals surface area contributed by atoms with Crippen molar-refractivity contribution in [1.82, 2.24) is 10.6 Å². The van der Waals surface area contributed by atoms with Crippen LogP contribution in [0.5, 0.6) is 5.75 Å². The fourth-order valence-corrected chi connectivity index (χ4v) is 17.6. The first kappa shape index (κ1) is 92.8. The number of fused-ring (bicyclic) bond motifs is 4. The van der Waals surface area contributed by atoms with Gasteiger partial charge in [-0.1, -0.05) is 111 Å². The van der Waals surface area contributed by atoms with Crippen LogP contribution in [0.2, 0.25) is 0 Å². The SMILES string of the molecule is CC1(C)C(=CC=C2CCCC(C=CC3=[N+](CCCCCC(=O)NCCCC(=O)c4c(F)c(F)c(OCC(=O)[C@H](CCCCN)CC(=O)[C@H](Cc5ccccc5)NC(=O)OCc5ccccc5)c(F)c4F)c4ccc5cc(S(=O)(=O)O)ccc5c4C3(C)C)=C2Cl)N(CCCS(=O)(=O)O)c2ccc(N(CCCS(=O)(=O)O)CCCS(=O)(=O)O)cc21. The van der Waals surface area contributed by atoms with E-state index in [2.05, 4.69) is 15.2 Å². The molecule has 0 aromatic heterocycles. The van der Waals surface area contributed by atoms with Gasteiger partial charge >= 0.3 is 6.09 Å². The highest BCUT2D eigenvalue weighted by molar-refractivity contribution is 7.86. The molecule has 0 spiro atoms. The lowest BCUT2D eigenvalue weighted by Crippen LogP contribution is -2.44. The summed E-state index contributed by atoms with van der Waals surface area (Å²) in [5.74, 6) is -15.9. The number of ether oxygens (including phenoxy) is 2. The lowest BCUT2D eigenvalue weighted by Gasteiger charge is -2.27. The van der Waals surface area contributed by atoms with Crippen molar-refractivity contribution in [2.75, 3.05) is 72.9 Å². The lowest BCUT2D eigenvalue weighted by molar-refractivity contribution is -0.438. The third-order valence-corrected chi connectivity index (χ3v) is 25.0. The van der Waals surface area contributed by atoms with Crippen molar-refractivity contribution in [3.8, 4) is 5.75 Å². The Bertz CT molecular complexity index is 5310. The van der Waals surface area contributed by atoms with Crippen molar-refractivity contribution >= 4 is 115 Å². The van der Waals surface area contributed by atoms with E-state index >= 15 is 17.6 Å². The molecule has 2 aliphatic heterocycles. The van der Waals surface area contributed by atoms with Crippen molar-refractivity contribution < 1.29 is 107 Å². The van der Waals surface area contributed by atoms with Gasteiger partial charge in [-0.05, 0) is 179 Å². The van der Waals surface area contributed by atoms with E-state index in [1.165, 1.54) is 12.1 Å². The van der Waals surface area contributed by atoms with Gasteiger partial charge in [0.25, 0.3) is 40.5 Å². The molecule has 8 N–H and O–H groups in total. The van der Waals surface area contributed by atoms with Gasteiger partial charge in [0.05, 0.1) is 39.2 Å². The van der Waals surface area contributed by atoms with E-state index in [1.54, 1.807) is 83.8 Å². The number of nitrogens with one attached hydrogen (secondary N) is 2. The van der Waals surface area contributed by atoms with Crippen LogP contribution in [0.4, 0.5) is 39.4 Å². The Morgan fingerprint density at radius 3 is 1.96 bits per heavy atom. The van der Waals surface area contributed by atoms with Gasteiger partial charge in [-0.2, -0.15) is 47.0 Å². The Balaban J connectivity index is 0.848. The van der Waals surface area contributed by atoms with Crippen molar-refractivity contribution in [3.63, 3.8) is 0 Å². The molecule has 0 bridgehead atoms. The minimum absolute atomic E-state index is 0.00854. The third-order valence-electron chi connectivity index (χ3n) is 21.3. The summed E-state index contributed by atoms with van der Waals surface area (Å²) in [7, 11) is -17.6. The fourth-order valence-electron chi connectivity index (χ4n) is 15.3. The number of carbonyl (C=O) groups excluding carboxylic acids is 5. The number of hydrogen-bond donors (Lipinski definition) is 7. The average molecular weight is 1740 g/mol. The molecule has 2 atom stereocenters. The highest BCUT2D eigenvalue weighted by atomic mass is 35.5. The first-order valence-electron chi connectivity index (χ1n) is 38.9. The molecule has 3 aliphatic rings. The number of anilines is 2. The molecule has 2 heterocycles. The summed E-state index contributed by atoms with van der Waals surface area (Å²) >= 11 is 7.39.